The molecule has 0 N–H and O–H groups in total. The Morgan fingerprint density at radius 3 is 2.92 bits per heavy atom. The normalized spacial score (nSPS) is 17.8. The Morgan fingerprint density at radius 1 is 1.32 bits per heavy atom. The molecule has 0 spiro atoms. The molecule has 0 saturated carbocycles. The van der Waals surface area contributed by atoms with Gasteiger partial charge in [0.25, 0.3) is 5.91 Å². The van der Waals surface area contributed by atoms with Gasteiger partial charge in [-0.05, 0) is 31.9 Å². The van der Waals surface area contributed by atoms with E-state index in [4.69, 9.17) is 4.52 Å². The highest BCUT2D eigenvalue weighted by Gasteiger charge is 2.35. The monoisotopic (exact) mass is 339 g/mol. The summed E-state index contributed by atoms with van der Waals surface area (Å²) in [6.07, 6.45) is 3.68. The molecule has 0 radical (unpaired) electrons. The predicted molar refractivity (Wildman–Crippen MR) is 91.3 cm³/mol. The van der Waals surface area contributed by atoms with Crippen LogP contribution in [0.15, 0.2) is 28.9 Å². The molecule has 7 nitrogen and oxygen atoms in total. The number of fused-ring (bicyclic) bond motifs is 1. The lowest BCUT2D eigenvalue weighted by atomic mass is 10.2. The first-order chi connectivity index (χ1) is 12.1. The van der Waals surface area contributed by atoms with Crippen LogP contribution in [0.1, 0.15) is 66.7 Å². The van der Waals surface area contributed by atoms with E-state index in [1.165, 1.54) is 0 Å². The first-order valence-corrected chi connectivity index (χ1v) is 8.64. The van der Waals surface area contributed by atoms with Crippen LogP contribution in [0, 0.1) is 6.92 Å². The molecule has 4 heterocycles. The highest BCUT2D eigenvalue weighted by Crippen LogP contribution is 2.32. The van der Waals surface area contributed by atoms with E-state index in [-0.39, 0.29) is 17.9 Å². The second-order valence-corrected chi connectivity index (χ2v) is 6.77. The molecule has 25 heavy (non-hydrogen) atoms. The fraction of sp³-hybridized carbons (Fsp3) is 0.444. The van der Waals surface area contributed by atoms with Gasteiger partial charge in [0.05, 0.1) is 11.6 Å². The lowest BCUT2D eigenvalue weighted by Crippen LogP contribution is -2.31. The number of aromatic nitrogens is 4. The van der Waals surface area contributed by atoms with E-state index in [1.807, 2.05) is 54.5 Å². The van der Waals surface area contributed by atoms with Crippen LogP contribution in [0.2, 0.25) is 0 Å². The largest absolute Gasteiger partial charge is 0.339 e. The van der Waals surface area contributed by atoms with Crippen LogP contribution in [0.25, 0.3) is 5.52 Å². The molecule has 1 amide bonds. The molecule has 7 heteroatoms. The Kier molecular flexibility index (Phi) is 3.78. The van der Waals surface area contributed by atoms with Gasteiger partial charge in [0.1, 0.15) is 5.82 Å². The summed E-state index contributed by atoms with van der Waals surface area (Å²) in [4.78, 5) is 24.0. The number of carbonyl (C=O) groups is 1. The third-order valence-corrected chi connectivity index (χ3v) is 4.69. The van der Waals surface area contributed by atoms with Gasteiger partial charge >= 0.3 is 0 Å². The number of imidazole rings is 1. The molecule has 1 fully saturated rings. The predicted octanol–water partition coefficient (Wildman–Crippen LogP) is 3.13. The SMILES string of the molecule is Cc1nc(C(=O)N2CCC[C@H]2c2noc(C(C)C)n2)c2ccccn12. The van der Waals surface area contributed by atoms with Gasteiger partial charge in [-0.2, -0.15) is 4.98 Å². The topological polar surface area (TPSA) is 76.5 Å². The fourth-order valence-corrected chi connectivity index (χ4v) is 3.38. The van der Waals surface area contributed by atoms with Crippen molar-refractivity contribution < 1.29 is 9.32 Å². The molecule has 130 valence electrons. The van der Waals surface area contributed by atoms with E-state index < -0.39 is 0 Å². The zero-order valence-corrected chi connectivity index (χ0v) is 14.6. The van der Waals surface area contributed by atoms with Gasteiger partial charge in [-0.3, -0.25) is 4.79 Å². The van der Waals surface area contributed by atoms with Gasteiger partial charge < -0.3 is 13.8 Å². The summed E-state index contributed by atoms with van der Waals surface area (Å²) in [5.74, 6) is 2.10. The van der Waals surface area contributed by atoms with Crippen molar-refractivity contribution in [3.05, 3.63) is 47.6 Å². The van der Waals surface area contributed by atoms with Gasteiger partial charge in [-0.15, -0.1) is 0 Å². The zero-order chi connectivity index (χ0) is 17.6. The minimum atomic E-state index is -0.149. The number of aryl methyl sites for hydroxylation is 1. The molecule has 0 aliphatic carbocycles. The number of nitrogens with zero attached hydrogens (tertiary/aromatic N) is 5. The third-order valence-electron chi connectivity index (χ3n) is 4.69. The highest BCUT2D eigenvalue weighted by atomic mass is 16.5. The van der Waals surface area contributed by atoms with Gasteiger partial charge in [-0.1, -0.05) is 25.1 Å². The van der Waals surface area contributed by atoms with Crippen molar-refractivity contribution in [2.24, 2.45) is 0 Å². The van der Waals surface area contributed by atoms with Crippen molar-refractivity contribution >= 4 is 11.4 Å². The van der Waals surface area contributed by atoms with Gasteiger partial charge in [0, 0.05) is 18.7 Å². The molecule has 3 aromatic heterocycles. The van der Waals surface area contributed by atoms with E-state index in [0.29, 0.717) is 24.0 Å². The van der Waals surface area contributed by atoms with E-state index in [1.54, 1.807) is 0 Å². The number of rotatable bonds is 3. The zero-order valence-electron chi connectivity index (χ0n) is 14.6. The summed E-state index contributed by atoms with van der Waals surface area (Å²) in [6.45, 7) is 6.60. The highest BCUT2D eigenvalue weighted by molar-refractivity contribution is 5.99. The number of pyridine rings is 1. The van der Waals surface area contributed by atoms with Gasteiger partial charge in [-0.25, -0.2) is 4.98 Å². The lowest BCUT2D eigenvalue weighted by Gasteiger charge is -2.21. The van der Waals surface area contributed by atoms with Crippen LogP contribution in [0.4, 0.5) is 0 Å². The summed E-state index contributed by atoms with van der Waals surface area (Å²) in [7, 11) is 0. The van der Waals surface area contributed by atoms with Crippen LogP contribution >= 0.6 is 0 Å². The van der Waals surface area contributed by atoms with E-state index in [9.17, 15) is 4.79 Å². The minimum Gasteiger partial charge on any atom is -0.339 e. The number of hydrogen-bond acceptors (Lipinski definition) is 5. The van der Waals surface area contributed by atoms with E-state index in [0.717, 1.165) is 24.2 Å². The van der Waals surface area contributed by atoms with Crippen molar-refractivity contribution in [3.8, 4) is 0 Å². The van der Waals surface area contributed by atoms with Crippen molar-refractivity contribution in [3.63, 3.8) is 0 Å². The molecule has 4 rings (SSSR count). The standard InChI is InChI=1S/C18H21N5O2/c1-11(2)17-20-16(21-25-17)14-8-6-10-23(14)18(24)15-13-7-4-5-9-22(13)12(3)19-15/h4-5,7,9,11,14H,6,8,10H2,1-3H3/t14-/m0/s1. The van der Waals surface area contributed by atoms with Crippen molar-refractivity contribution in [2.45, 2.75) is 45.6 Å². The summed E-state index contributed by atoms with van der Waals surface area (Å²) in [5.41, 5.74) is 1.31. The quantitative estimate of drug-likeness (QED) is 0.733. The Hall–Kier alpha value is -2.70. The number of hydrogen-bond donors (Lipinski definition) is 0. The first-order valence-electron chi connectivity index (χ1n) is 8.64. The second-order valence-electron chi connectivity index (χ2n) is 6.77. The van der Waals surface area contributed by atoms with Crippen molar-refractivity contribution in [1.29, 1.82) is 0 Å². The fourth-order valence-electron chi connectivity index (χ4n) is 3.38. The molecular weight excluding hydrogens is 318 g/mol. The average molecular weight is 339 g/mol. The maximum absolute atomic E-state index is 13.2. The van der Waals surface area contributed by atoms with Crippen LogP contribution in [-0.4, -0.2) is 36.9 Å². The Bertz CT molecular complexity index is 927. The van der Waals surface area contributed by atoms with E-state index in [2.05, 4.69) is 15.1 Å². The molecule has 1 aliphatic rings. The molecule has 0 unspecified atom stereocenters. The van der Waals surface area contributed by atoms with Crippen LogP contribution in [-0.2, 0) is 0 Å². The van der Waals surface area contributed by atoms with Gasteiger partial charge in [0.15, 0.2) is 11.5 Å². The van der Waals surface area contributed by atoms with E-state index >= 15 is 0 Å². The number of carbonyl (C=O) groups excluding carboxylic acids is 1. The molecule has 0 aromatic carbocycles. The smallest absolute Gasteiger partial charge is 0.275 e. The summed E-state index contributed by atoms with van der Waals surface area (Å²) in [6, 6.07) is 5.62. The summed E-state index contributed by atoms with van der Waals surface area (Å²) >= 11 is 0. The second kappa shape index (κ2) is 5.98. The Morgan fingerprint density at radius 2 is 2.16 bits per heavy atom. The number of likely N-dealkylation sites (tertiary alicyclic amines) is 1. The average Bonchev–Trinajstić information content (AvgIpc) is 3.32. The van der Waals surface area contributed by atoms with Gasteiger partial charge in [0.2, 0.25) is 5.89 Å². The van der Waals surface area contributed by atoms with Crippen LogP contribution < -0.4 is 0 Å². The summed E-state index contributed by atoms with van der Waals surface area (Å²) in [5, 5.41) is 4.11. The molecule has 1 atom stereocenters. The first kappa shape index (κ1) is 15.8. The molecule has 1 saturated heterocycles. The maximum Gasteiger partial charge on any atom is 0.275 e. The molecule has 3 aromatic rings. The molecule has 0 bridgehead atoms. The Labute approximate surface area is 145 Å². The molecule has 1 aliphatic heterocycles. The minimum absolute atomic E-state index is 0.0739. The maximum atomic E-state index is 13.2. The Balaban J connectivity index is 1.68. The van der Waals surface area contributed by atoms with Crippen molar-refractivity contribution in [2.75, 3.05) is 6.54 Å². The molecular formula is C18H21N5O2. The number of amides is 1. The van der Waals surface area contributed by atoms with Crippen molar-refractivity contribution in [1.82, 2.24) is 24.4 Å². The third kappa shape index (κ3) is 2.59. The summed E-state index contributed by atoms with van der Waals surface area (Å²) < 4.78 is 7.26. The van der Waals surface area contributed by atoms with Crippen LogP contribution in [0.5, 0.6) is 0 Å². The lowest BCUT2D eigenvalue weighted by molar-refractivity contribution is 0.0725. The van der Waals surface area contributed by atoms with Crippen LogP contribution in [0.3, 0.4) is 0 Å².